The Bertz CT molecular complexity index is 785. The number of likely N-dealkylation sites (tertiary alicyclic amines) is 2. The lowest BCUT2D eigenvalue weighted by Crippen LogP contribution is -2.52. The summed E-state index contributed by atoms with van der Waals surface area (Å²) >= 11 is 0. The van der Waals surface area contributed by atoms with Crippen molar-refractivity contribution in [3.05, 3.63) is 23.8 Å². The molecule has 0 N–H and O–H groups in total. The molecular weight excluding hydrogens is 416 g/mol. The first-order chi connectivity index (χ1) is 16.0. The Morgan fingerprint density at radius 1 is 0.909 bits per heavy atom. The number of piperidine rings is 2. The number of aryl methyl sites for hydroxylation is 1. The van der Waals surface area contributed by atoms with Crippen molar-refractivity contribution in [2.45, 2.75) is 58.4 Å². The monoisotopic (exact) mass is 456 g/mol. The van der Waals surface area contributed by atoms with E-state index >= 15 is 0 Å². The minimum Gasteiger partial charge on any atom is -0.339 e. The summed E-state index contributed by atoms with van der Waals surface area (Å²) in [6.07, 6.45) is 9.18. The van der Waals surface area contributed by atoms with Crippen LogP contribution in [0, 0.1) is 12.8 Å². The van der Waals surface area contributed by atoms with Gasteiger partial charge < -0.3 is 19.6 Å². The van der Waals surface area contributed by atoms with E-state index in [1.54, 1.807) is 12.4 Å². The van der Waals surface area contributed by atoms with Gasteiger partial charge in [-0.15, -0.1) is 0 Å². The van der Waals surface area contributed by atoms with E-state index in [2.05, 4.69) is 31.6 Å². The molecule has 1 unspecified atom stereocenters. The molecular formula is C25H40N6O2. The zero-order chi connectivity index (χ0) is 23.2. The van der Waals surface area contributed by atoms with Crippen molar-refractivity contribution in [3.8, 4) is 0 Å². The lowest BCUT2D eigenvalue weighted by Gasteiger charge is -2.44. The highest BCUT2D eigenvalue weighted by Gasteiger charge is 2.35. The standard InChI is InChI=1S/C25H40N6O2/c1-3-28-14-16-29(17-15-28)11-9-24(32)31-10-5-4-6-23(31)21-7-12-30(13-8-21)25(33)22-19-26-20(2)18-27-22/h18-19,21,23H,3-17H2,1-2H3. The molecule has 0 bridgehead atoms. The maximum absolute atomic E-state index is 13.2. The molecule has 1 aromatic rings. The highest BCUT2D eigenvalue weighted by Crippen LogP contribution is 2.31. The molecule has 4 rings (SSSR count). The molecule has 0 spiro atoms. The third-order valence-corrected chi connectivity index (χ3v) is 7.79. The molecule has 3 aliphatic rings. The molecule has 1 atom stereocenters. The molecule has 33 heavy (non-hydrogen) atoms. The topological polar surface area (TPSA) is 72.9 Å². The summed E-state index contributed by atoms with van der Waals surface area (Å²) in [5, 5.41) is 0. The maximum atomic E-state index is 13.2. The van der Waals surface area contributed by atoms with E-state index in [9.17, 15) is 9.59 Å². The van der Waals surface area contributed by atoms with E-state index in [0.29, 0.717) is 30.0 Å². The fraction of sp³-hybridized carbons (Fsp3) is 0.760. The minimum absolute atomic E-state index is 0.0271. The Hall–Kier alpha value is -2.06. The molecule has 3 fully saturated rings. The number of nitrogens with zero attached hydrogens (tertiary/aromatic N) is 6. The Morgan fingerprint density at radius 3 is 2.30 bits per heavy atom. The van der Waals surface area contributed by atoms with Crippen LogP contribution in [0.4, 0.5) is 0 Å². The zero-order valence-electron chi connectivity index (χ0n) is 20.4. The van der Waals surface area contributed by atoms with Crippen molar-refractivity contribution in [3.63, 3.8) is 0 Å². The van der Waals surface area contributed by atoms with Gasteiger partial charge in [0.25, 0.3) is 5.91 Å². The number of carbonyl (C=O) groups excluding carboxylic acids is 2. The van der Waals surface area contributed by atoms with Crippen LogP contribution in [-0.2, 0) is 4.79 Å². The van der Waals surface area contributed by atoms with Gasteiger partial charge in [0.1, 0.15) is 5.69 Å². The van der Waals surface area contributed by atoms with Crippen molar-refractivity contribution in [2.24, 2.45) is 5.92 Å². The second kappa shape index (κ2) is 11.4. The van der Waals surface area contributed by atoms with E-state index in [1.165, 1.54) is 6.42 Å². The van der Waals surface area contributed by atoms with Gasteiger partial charge in [0.15, 0.2) is 0 Å². The first-order valence-corrected chi connectivity index (χ1v) is 12.9. The lowest BCUT2D eigenvalue weighted by molar-refractivity contribution is -0.137. The van der Waals surface area contributed by atoms with Crippen molar-refractivity contribution >= 4 is 11.8 Å². The number of hydrogen-bond acceptors (Lipinski definition) is 6. The number of aromatic nitrogens is 2. The largest absolute Gasteiger partial charge is 0.339 e. The van der Waals surface area contributed by atoms with Crippen molar-refractivity contribution in [1.82, 2.24) is 29.6 Å². The Labute approximate surface area is 198 Å². The Kier molecular flexibility index (Phi) is 8.30. The van der Waals surface area contributed by atoms with Crippen LogP contribution < -0.4 is 0 Å². The van der Waals surface area contributed by atoms with Gasteiger partial charge in [-0.1, -0.05) is 6.92 Å². The zero-order valence-corrected chi connectivity index (χ0v) is 20.4. The number of piperazine rings is 1. The van der Waals surface area contributed by atoms with E-state index in [1.807, 2.05) is 11.8 Å². The number of carbonyl (C=O) groups is 2. The normalized spacial score (nSPS) is 23.6. The number of amides is 2. The molecule has 182 valence electrons. The SMILES string of the molecule is CCN1CCN(CCC(=O)N2CCCCC2C2CCN(C(=O)c3cnc(C)cn3)CC2)CC1. The first kappa shape index (κ1) is 24.1. The number of hydrogen-bond donors (Lipinski definition) is 0. The van der Waals surface area contributed by atoms with Crippen LogP contribution in [0.1, 0.15) is 61.6 Å². The van der Waals surface area contributed by atoms with Gasteiger partial charge in [-0.2, -0.15) is 0 Å². The molecule has 0 saturated carbocycles. The van der Waals surface area contributed by atoms with Gasteiger partial charge in [0.05, 0.1) is 11.9 Å². The fourth-order valence-electron chi connectivity index (χ4n) is 5.64. The average Bonchev–Trinajstić information content (AvgIpc) is 2.87. The third kappa shape index (κ3) is 6.09. The highest BCUT2D eigenvalue weighted by atomic mass is 16.2. The van der Waals surface area contributed by atoms with E-state index in [-0.39, 0.29) is 5.91 Å². The van der Waals surface area contributed by atoms with Crippen LogP contribution >= 0.6 is 0 Å². The predicted molar refractivity (Wildman–Crippen MR) is 128 cm³/mol. The molecule has 8 heteroatoms. The summed E-state index contributed by atoms with van der Waals surface area (Å²) in [6.45, 7) is 12.8. The molecule has 3 saturated heterocycles. The lowest BCUT2D eigenvalue weighted by atomic mass is 9.83. The third-order valence-electron chi connectivity index (χ3n) is 7.79. The predicted octanol–water partition coefficient (Wildman–Crippen LogP) is 2.05. The van der Waals surface area contributed by atoms with Crippen LogP contribution in [0.5, 0.6) is 0 Å². The van der Waals surface area contributed by atoms with Crippen LogP contribution in [0.25, 0.3) is 0 Å². The van der Waals surface area contributed by atoms with Gasteiger partial charge in [-0.05, 0) is 51.5 Å². The smallest absolute Gasteiger partial charge is 0.274 e. The Morgan fingerprint density at radius 2 is 1.64 bits per heavy atom. The molecule has 0 radical (unpaired) electrons. The van der Waals surface area contributed by atoms with Crippen molar-refractivity contribution in [2.75, 3.05) is 58.9 Å². The van der Waals surface area contributed by atoms with Gasteiger partial charge in [0, 0.05) is 71.0 Å². The summed E-state index contributed by atoms with van der Waals surface area (Å²) in [5.41, 5.74) is 1.24. The fourth-order valence-corrected chi connectivity index (χ4v) is 5.64. The molecule has 0 aliphatic carbocycles. The first-order valence-electron chi connectivity index (χ1n) is 12.9. The maximum Gasteiger partial charge on any atom is 0.274 e. The molecule has 3 aliphatic heterocycles. The van der Waals surface area contributed by atoms with Crippen molar-refractivity contribution < 1.29 is 9.59 Å². The van der Waals surface area contributed by atoms with Crippen LogP contribution in [-0.4, -0.2) is 106 Å². The number of rotatable bonds is 6. The van der Waals surface area contributed by atoms with E-state index in [0.717, 1.165) is 90.3 Å². The summed E-state index contributed by atoms with van der Waals surface area (Å²) < 4.78 is 0. The molecule has 4 heterocycles. The quantitative estimate of drug-likeness (QED) is 0.652. The number of likely N-dealkylation sites (N-methyl/N-ethyl adjacent to an activating group) is 1. The molecule has 2 amide bonds. The molecule has 0 aromatic carbocycles. The van der Waals surface area contributed by atoms with Crippen LogP contribution in [0.2, 0.25) is 0 Å². The summed E-state index contributed by atoms with van der Waals surface area (Å²) in [5.74, 6) is 0.780. The van der Waals surface area contributed by atoms with Gasteiger partial charge in [-0.25, -0.2) is 4.98 Å². The summed E-state index contributed by atoms with van der Waals surface area (Å²) in [6, 6.07) is 0.333. The molecule has 1 aromatic heterocycles. The molecule has 8 nitrogen and oxygen atoms in total. The van der Waals surface area contributed by atoms with Crippen LogP contribution in [0.15, 0.2) is 12.4 Å². The van der Waals surface area contributed by atoms with E-state index < -0.39 is 0 Å². The summed E-state index contributed by atoms with van der Waals surface area (Å²) in [4.78, 5) is 43.5. The van der Waals surface area contributed by atoms with E-state index in [4.69, 9.17) is 0 Å². The van der Waals surface area contributed by atoms with Crippen molar-refractivity contribution in [1.29, 1.82) is 0 Å². The second-order valence-corrected chi connectivity index (χ2v) is 9.85. The minimum atomic E-state index is -0.0271. The average molecular weight is 457 g/mol. The van der Waals surface area contributed by atoms with Gasteiger partial charge in [0.2, 0.25) is 5.91 Å². The van der Waals surface area contributed by atoms with Gasteiger partial charge >= 0.3 is 0 Å². The Balaban J connectivity index is 1.27. The van der Waals surface area contributed by atoms with Gasteiger partial charge in [-0.3, -0.25) is 14.6 Å². The van der Waals surface area contributed by atoms with Crippen LogP contribution in [0.3, 0.4) is 0 Å². The summed E-state index contributed by atoms with van der Waals surface area (Å²) in [7, 11) is 0. The highest BCUT2D eigenvalue weighted by molar-refractivity contribution is 5.92. The second-order valence-electron chi connectivity index (χ2n) is 9.85.